The summed E-state index contributed by atoms with van der Waals surface area (Å²) in [5, 5.41) is 10.3. The van der Waals surface area contributed by atoms with Crippen LogP contribution in [0.25, 0.3) is 0 Å². The van der Waals surface area contributed by atoms with Gasteiger partial charge in [-0.1, -0.05) is 23.1 Å². The molecule has 2 rings (SSSR count). The molecule has 0 aliphatic rings. The van der Waals surface area contributed by atoms with Gasteiger partial charge >= 0.3 is 0 Å². The van der Waals surface area contributed by atoms with Gasteiger partial charge in [-0.15, -0.1) is 10.2 Å². The number of pyridine rings is 1. The predicted molar refractivity (Wildman–Crippen MR) is 69.2 cm³/mol. The highest BCUT2D eigenvalue weighted by atomic mass is 79.9. The molecule has 8 heteroatoms. The van der Waals surface area contributed by atoms with E-state index in [1.165, 1.54) is 11.3 Å². The molecule has 0 aliphatic heterocycles. The van der Waals surface area contributed by atoms with E-state index in [0.29, 0.717) is 5.13 Å². The van der Waals surface area contributed by atoms with Gasteiger partial charge in [0.25, 0.3) is 0 Å². The lowest BCUT2D eigenvalue weighted by atomic mass is 10.5. The van der Waals surface area contributed by atoms with Crippen molar-refractivity contribution in [3.8, 4) is 0 Å². The van der Waals surface area contributed by atoms with Gasteiger partial charge in [0, 0.05) is 10.7 Å². The summed E-state index contributed by atoms with van der Waals surface area (Å²) >= 11 is 6.48. The fraction of sp³-hybridized carbons (Fsp3) is 0.125. The highest BCUT2D eigenvalue weighted by molar-refractivity contribution is 9.10. The zero-order valence-corrected chi connectivity index (χ0v) is 11.3. The van der Waals surface area contributed by atoms with Crippen LogP contribution in [0.2, 0.25) is 0 Å². The molecule has 0 saturated carbocycles. The fourth-order valence-corrected chi connectivity index (χ4v) is 3.09. The van der Waals surface area contributed by atoms with Gasteiger partial charge in [-0.3, -0.25) is 5.43 Å². The van der Waals surface area contributed by atoms with E-state index < -0.39 is 0 Å². The first-order valence-electron chi connectivity index (χ1n) is 4.32. The van der Waals surface area contributed by atoms with Crippen LogP contribution in [-0.2, 0) is 5.75 Å². The van der Waals surface area contributed by atoms with Crippen molar-refractivity contribution in [2.24, 2.45) is 5.84 Å². The zero-order valence-electron chi connectivity index (χ0n) is 8.05. The molecule has 0 saturated heterocycles. The van der Waals surface area contributed by atoms with Crippen molar-refractivity contribution < 1.29 is 0 Å². The Morgan fingerprint density at radius 3 is 3.06 bits per heavy atom. The normalized spacial score (nSPS) is 10.4. The SMILES string of the molecule is NNc1nnc(CSc2ncccc2Br)s1. The number of nitrogens with zero attached hydrogens (tertiary/aromatic N) is 3. The number of hydrogen-bond donors (Lipinski definition) is 2. The third kappa shape index (κ3) is 2.91. The molecule has 84 valence electrons. The monoisotopic (exact) mass is 317 g/mol. The Hall–Kier alpha value is -0.700. The lowest BCUT2D eigenvalue weighted by Crippen LogP contribution is -2.05. The first kappa shape index (κ1) is 11.8. The van der Waals surface area contributed by atoms with Crippen LogP contribution < -0.4 is 11.3 Å². The number of halogens is 1. The smallest absolute Gasteiger partial charge is 0.219 e. The minimum atomic E-state index is 0.621. The van der Waals surface area contributed by atoms with E-state index in [1.54, 1.807) is 18.0 Å². The summed E-state index contributed by atoms with van der Waals surface area (Å²) < 4.78 is 0.988. The molecule has 0 fully saturated rings. The maximum Gasteiger partial charge on any atom is 0.219 e. The second-order valence-electron chi connectivity index (χ2n) is 2.72. The van der Waals surface area contributed by atoms with Crippen molar-refractivity contribution in [2.75, 3.05) is 5.43 Å². The number of aromatic nitrogens is 3. The van der Waals surface area contributed by atoms with Gasteiger partial charge in [0.15, 0.2) is 0 Å². The number of thioether (sulfide) groups is 1. The molecule has 2 heterocycles. The minimum absolute atomic E-state index is 0.621. The topological polar surface area (TPSA) is 76.7 Å². The third-order valence-electron chi connectivity index (χ3n) is 1.65. The van der Waals surface area contributed by atoms with E-state index >= 15 is 0 Å². The van der Waals surface area contributed by atoms with Crippen LogP contribution in [0.5, 0.6) is 0 Å². The van der Waals surface area contributed by atoms with E-state index in [9.17, 15) is 0 Å². The molecule has 0 aliphatic carbocycles. The Morgan fingerprint density at radius 2 is 2.38 bits per heavy atom. The molecule has 0 amide bonds. The Morgan fingerprint density at radius 1 is 1.50 bits per heavy atom. The largest absolute Gasteiger partial charge is 0.298 e. The van der Waals surface area contributed by atoms with Crippen LogP contribution in [0, 0.1) is 0 Å². The highest BCUT2D eigenvalue weighted by Gasteiger charge is 2.06. The van der Waals surface area contributed by atoms with Crippen molar-refractivity contribution in [3.63, 3.8) is 0 Å². The van der Waals surface area contributed by atoms with Gasteiger partial charge in [0.1, 0.15) is 10.0 Å². The average molecular weight is 318 g/mol. The molecule has 2 aromatic rings. The quantitative estimate of drug-likeness (QED) is 0.512. The highest BCUT2D eigenvalue weighted by Crippen LogP contribution is 2.28. The number of anilines is 1. The van der Waals surface area contributed by atoms with E-state index in [0.717, 1.165) is 20.3 Å². The summed E-state index contributed by atoms with van der Waals surface area (Å²) in [6.45, 7) is 0. The Labute approximate surface area is 109 Å². The summed E-state index contributed by atoms with van der Waals surface area (Å²) in [5.41, 5.74) is 2.47. The van der Waals surface area contributed by atoms with Crippen LogP contribution in [0.3, 0.4) is 0 Å². The molecule has 0 bridgehead atoms. The summed E-state index contributed by atoms with van der Waals surface area (Å²) in [4.78, 5) is 4.25. The van der Waals surface area contributed by atoms with Gasteiger partial charge in [0.2, 0.25) is 5.13 Å². The van der Waals surface area contributed by atoms with Crippen molar-refractivity contribution in [1.29, 1.82) is 0 Å². The molecular weight excluding hydrogens is 310 g/mol. The van der Waals surface area contributed by atoms with Crippen molar-refractivity contribution >= 4 is 44.2 Å². The number of hydrazine groups is 1. The van der Waals surface area contributed by atoms with Crippen LogP contribution in [0.1, 0.15) is 5.01 Å². The predicted octanol–water partition coefficient (Wildman–Crippen LogP) is 2.27. The first-order valence-corrected chi connectivity index (χ1v) is 6.91. The molecule has 0 radical (unpaired) electrons. The van der Waals surface area contributed by atoms with E-state index in [4.69, 9.17) is 5.84 Å². The van der Waals surface area contributed by atoms with Crippen LogP contribution in [0.4, 0.5) is 5.13 Å². The van der Waals surface area contributed by atoms with Gasteiger partial charge in [0.05, 0.1) is 5.75 Å². The van der Waals surface area contributed by atoms with E-state index in [2.05, 4.69) is 36.5 Å². The van der Waals surface area contributed by atoms with E-state index in [1.807, 2.05) is 12.1 Å². The summed E-state index contributed by atoms with van der Waals surface area (Å²) in [6, 6.07) is 3.85. The average Bonchev–Trinajstić information content (AvgIpc) is 2.76. The van der Waals surface area contributed by atoms with E-state index in [-0.39, 0.29) is 0 Å². The van der Waals surface area contributed by atoms with Crippen LogP contribution in [0.15, 0.2) is 27.8 Å². The van der Waals surface area contributed by atoms with Crippen molar-refractivity contribution in [3.05, 3.63) is 27.8 Å². The molecule has 2 aromatic heterocycles. The number of nitrogen functional groups attached to an aromatic ring is 1. The molecule has 0 unspecified atom stereocenters. The second-order valence-corrected chi connectivity index (χ2v) is 5.60. The van der Waals surface area contributed by atoms with Gasteiger partial charge < -0.3 is 0 Å². The third-order valence-corrected chi connectivity index (χ3v) is 4.60. The molecule has 3 N–H and O–H groups in total. The van der Waals surface area contributed by atoms with Crippen LogP contribution >= 0.6 is 39.0 Å². The van der Waals surface area contributed by atoms with Gasteiger partial charge in [-0.05, 0) is 28.1 Å². The van der Waals surface area contributed by atoms with Crippen LogP contribution in [-0.4, -0.2) is 15.2 Å². The lowest BCUT2D eigenvalue weighted by Gasteiger charge is -1.99. The Balaban J connectivity index is 1.99. The summed E-state index contributed by atoms with van der Waals surface area (Å²) in [6.07, 6.45) is 1.76. The number of nitrogens with two attached hydrogens (primary N) is 1. The number of rotatable bonds is 4. The maximum atomic E-state index is 5.23. The second kappa shape index (κ2) is 5.58. The molecule has 0 aromatic carbocycles. The number of hydrogen-bond acceptors (Lipinski definition) is 7. The van der Waals surface area contributed by atoms with Crippen molar-refractivity contribution in [2.45, 2.75) is 10.8 Å². The zero-order chi connectivity index (χ0) is 11.4. The maximum absolute atomic E-state index is 5.23. The molecule has 0 atom stereocenters. The molecular formula is C8H8BrN5S2. The molecule has 0 spiro atoms. The van der Waals surface area contributed by atoms with Gasteiger partial charge in [-0.2, -0.15) is 0 Å². The first-order chi connectivity index (χ1) is 7.79. The summed E-state index contributed by atoms with van der Waals surface area (Å²) in [7, 11) is 0. The lowest BCUT2D eigenvalue weighted by molar-refractivity contribution is 1.03. The standard InChI is InChI=1S/C8H8BrN5S2/c9-5-2-1-3-11-7(5)15-4-6-13-14-8(12-10)16-6/h1-3H,4,10H2,(H,12,14). The Bertz CT molecular complexity index is 475. The summed E-state index contributed by atoms with van der Waals surface area (Å²) in [5.74, 6) is 5.96. The number of nitrogens with one attached hydrogen (secondary N) is 1. The van der Waals surface area contributed by atoms with Crippen molar-refractivity contribution in [1.82, 2.24) is 15.2 Å². The van der Waals surface area contributed by atoms with Gasteiger partial charge in [-0.25, -0.2) is 10.8 Å². The molecule has 16 heavy (non-hydrogen) atoms. The minimum Gasteiger partial charge on any atom is -0.298 e. The molecule has 5 nitrogen and oxygen atoms in total. The fourth-order valence-electron chi connectivity index (χ4n) is 0.978. The Kier molecular flexibility index (Phi) is 4.10.